The van der Waals surface area contributed by atoms with E-state index in [9.17, 15) is 0 Å². The van der Waals surface area contributed by atoms with Crippen LogP contribution in [0.4, 0.5) is 0 Å². The maximum absolute atomic E-state index is 8.79. The zero-order chi connectivity index (χ0) is 7.11. The van der Waals surface area contributed by atoms with Crippen LogP contribution in [0.25, 0.3) is 0 Å². The van der Waals surface area contributed by atoms with Gasteiger partial charge in [0.1, 0.15) is 0 Å². The van der Waals surface area contributed by atoms with E-state index in [2.05, 4.69) is 11.3 Å². The molecule has 0 aromatic carbocycles. The second-order valence-corrected chi connectivity index (χ2v) is 1.53. The summed E-state index contributed by atoms with van der Waals surface area (Å²) in [5, 5.41) is 8.79. The second-order valence-electron chi connectivity index (χ2n) is 1.53. The molecule has 0 bridgehead atoms. The fourth-order valence-electron chi connectivity index (χ4n) is 0.370. The molecule has 0 aliphatic rings. The lowest BCUT2D eigenvalue weighted by Gasteiger charge is -2.07. The minimum Gasteiger partial charge on any atom is -0.379 e. The Morgan fingerprint density at radius 2 is 2.44 bits per heavy atom. The van der Waals surface area contributed by atoms with Gasteiger partial charge in [0.2, 0.25) is 0 Å². The number of hydrogen-bond donors (Lipinski definition) is 1. The molecule has 0 amide bonds. The lowest BCUT2D eigenvalue weighted by atomic mass is 10.6. The van der Waals surface area contributed by atoms with E-state index in [1.807, 2.05) is 0 Å². The standard InChI is InChI=1S/C6H12O3/c1-3-4-9-6(7)5-8-2/h3,6-7H,1,4-5H2,2H3. The van der Waals surface area contributed by atoms with Crippen LogP contribution in [-0.2, 0) is 9.47 Å². The molecule has 0 aromatic rings. The summed E-state index contributed by atoms with van der Waals surface area (Å²) >= 11 is 0. The number of hydrogen-bond acceptors (Lipinski definition) is 3. The highest BCUT2D eigenvalue weighted by molar-refractivity contribution is 4.63. The van der Waals surface area contributed by atoms with Crippen LogP contribution < -0.4 is 0 Å². The van der Waals surface area contributed by atoms with Crippen LogP contribution >= 0.6 is 0 Å². The predicted molar refractivity (Wildman–Crippen MR) is 34.0 cm³/mol. The Kier molecular flexibility index (Phi) is 5.51. The lowest BCUT2D eigenvalue weighted by Crippen LogP contribution is -2.17. The molecule has 0 saturated carbocycles. The first-order valence-electron chi connectivity index (χ1n) is 2.70. The van der Waals surface area contributed by atoms with E-state index in [1.165, 1.54) is 7.11 Å². The molecule has 0 fully saturated rings. The van der Waals surface area contributed by atoms with Crippen LogP contribution in [0.15, 0.2) is 12.7 Å². The molecule has 9 heavy (non-hydrogen) atoms. The molecule has 0 spiro atoms. The number of rotatable bonds is 5. The largest absolute Gasteiger partial charge is 0.379 e. The molecular weight excluding hydrogens is 120 g/mol. The highest BCUT2D eigenvalue weighted by Gasteiger charge is 1.98. The van der Waals surface area contributed by atoms with Gasteiger partial charge in [-0.05, 0) is 0 Å². The minimum absolute atomic E-state index is 0.202. The van der Waals surface area contributed by atoms with Gasteiger partial charge in [-0.15, -0.1) is 6.58 Å². The topological polar surface area (TPSA) is 38.7 Å². The van der Waals surface area contributed by atoms with Gasteiger partial charge in [0.15, 0.2) is 6.29 Å². The first-order valence-corrected chi connectivity index (χ1v) is 2.70. The molecule has 0 saturated heterocycles. The van der Waals surface area contributed by atoms with Gasteiger partial charge in [-0.3, -0.25) is 0 Å². The van der Waals surface area contributed by atoms with Crippen molar-refractivity contribution in [2.24, 2.45) is 0 Å². The monoisotopic (exact) mass is 132 g/mol. The molecule has 54 valence electrons. The van der Waals surface area contributed by atoms with Crippen LogP contribution in [-0.4, -0.2) is 31.7 Å². The van der Waals surface area contributed by atoms with E-state index in [0.717, 1.165) is 0 Å². The lowest BCUT2D eigenvalue weighted by molar-refractivity contribution is -0.123. The molecule has 0 aliphatic heterocycles. The zero-order valence-electron chi connectivity index (χ0n) is 5.54. The Balaban J connectivity index is 3.04. The third-order valence-corrected chi connectivity index (χ3v) is 0.716. The van der Waals surface area contributed by atoms with Crippen LogP contribution in [0, 0.1) is 0 Å². The second kappa shape index (κ2) is 5.75. The third kappa shape index (κ3) is 5.49. The minimum atomic E-state index is -0.826. The molecule has 1 unspecified atom stereocenters. The molecule has 3 nitrogen and oxygen atoms in total. The van der Waals surface area contributed by atoms with Gasteiger partial charge < -0.3 is 14.6 Å². The van der Waals surface area contributed by atoms with Gasteiger partial charge in [0, 0.05) is 7.11 Å². The molecular formula is C6H12O3. The van der Waals surface area contributed by atoms with E-state index in [4.69, 9.17) is 9.84 Å². The summed E-state index contributed by atoms with van der Waals surface area (Å²) in [5.41, 5.74) is 0. The van der Waals surface area contributed by atoms with Crippen molar-refractivity contribution in [2.45, 2.75) is 6.29 Å². The number of methoxy groups -OCH3 is 1. The molecule has 0 heterocycles. The molecule has 3 heteroatoms. The zero-order valence-corrected chi connectivity index (χ0v) is 5.54. The summed E-state index contributed by atoms with van der Waals surface area (Å²) in [6, 6.07) is 0. The molecule has 1 N–H and O–H groups in total. The maximum atomic E-state index is 8.79. The van der Waals surface area contributed by atoms with E-state index in [1.54, 1.807) is 6.08 Å². The van der Waals surface area contributed by atoms with Crippen molar-refractivity contribution in [3.63, 3.8) is 0 Å². The number of aliphatic hydroxyl groups is 1. The number of ether oxygens (including phenoxy) is 2. The Labute approximate surface area is 54.9 Å². The SMILES string of the molecule is C=CCOC(O)COC. The number of aliphatic hydroxyl groups excluding tert-OH is 1. The van der Waals surface area contributed by atoms with E-state index < -0.39 is 6.29 Å². The highest BCUT2D eigenvalue weighted by atomic mass is 16.6. The predicted octanol–water partition coefficient (Wildman–Crippen LogP) is 0.154. The summed E-state index contributed by atoms with van der Waals surface area (Å²) < 4.78 is 9.34. The first-order chi connectivity index (χ1) is 4.31. The quantitative estimate of drug-likeness (QED) is 0.427. The summed E-state index contributed by atoms with van der Waals surface area (Å²) in [5.74, 6) is 0. The van der Waals surface area contributed by atoms with Gasteiger partial charge in [-0.1, -0.05) is 6.08 Å². The van der Waals surface area contributed by atoms with Crippen molar-refractivity contribution < 1.29 is 14.6 Å². The highest BCUT2D eigenvalue weighted by Crippen LogP contribution is 1.86. The van der Waals surface area contributed by atoms with Crippen molar-refractivity contribution in [1.82, 2.24) is 0 Å². The average Bonchev–Trinajstić information content (AvgIpc) is 1.85. The van der Waals surface area contributed by atoms with E-state index in [0.29, 0.717) is 6.61 Å². The maximum Gasteiger partial charge on any atom is 0.178 e. The van der Waals surface area contributed by atoms with Crippen molar-refractivity contribution in [2.75, 3.05) is 20.3 Å². The van der Waals surface area contributed by atoms with Gasteiger partial charge in [0.05, 0.1) is 13.2 Å². The van der Waals surface area contributed by atoms with Gasteiger partial charge >= 0.3 is 0 Å². The van der Waals surface area contributed by atoms with Crippen molar-refractivity contribution >= 4 is 0 Å². The Morgan fingerprint density at radius 1 is 1.78 bits per heavy atom. The summed E-state index contributed by atoms with van der Waals surface area (Å²) in [6.07, 6.45) is 0.742. The molecule has 0 rings (SSSR count). The van der Waals surface area contributed by atoms with E-state index >= 15 is 0 Å². The van der Waals surface area contributed by atoms with Crippen molar-refractivity contribution in [1.29, 1.82) is 0 Å². The Morgan fingerprint density at radius 3 is 2.89 bits per heavy atom. The van der Waals surface area contributed by atoms with Gasteiger partial charge in [-0.25, -0.2) is 0 Å². The van der Waals surface area contributed by atoms with Gasteiger partial charge in [-0.2, -0.15) is 0 Å². The van der Waals surface area contributed by atoms with Crippen LogP contribution in [0.1, 0.15) is 0 Å². The third-order valence-electron chi connectivity index (χ3n) is 0.716. The van der Waals surface area contributed by atoms with Crippen molar-refractivity contribution in [3.8, 4) is 0 Å². The molecule has 0 radical (unpaired) electrons. The van der Waals surface area contributed by atoms with Gasteiger partial charge in [0.25, 0.3) is 0 Å². The molecule has 1 atom stereocenters. The first kappa shape index (κ1) is 8.62. The Hall–Kier alpha value is -0.380. The van der Waals surface area contributed by atoms with Crippen molar-refractivity contribution in [3.05, 3.63) is 12.7 Å². The van der Waals surface area contributed by atoms with Crippen LogP contribution in [0.2, 0.25) is 0 Å². The fraction of sp³-hybridized carbons (Fsp3) is 0.667. The van der Waals surface area contributed by atoms with Crippen LogP contribution in [0.5, 0.6) is 0 Å². The van der Waals surface area contributed by atoms with E-state index in [-0.39, 0.29) is 6.61 Å². The smallest absolute Gasteiger partial charge is 0.178 e. The molecule has 0 aliphatic carbocycles. The average molecular weight is 132 g/mol. The Bertz CT molecular complexity index is 72.7. The van der Waals surface area contributed by atoms with Crippen LogP contribution in [0.3, 0.4) is 0 Å². The summed E-state index contributed by atoms with van der Waals surface area (Å²) in [7, 11) is 1.50. The summed E-state index contributed by atoms with van der Waals surface area (Å²) in [6.45, 7) is 3.97. The fourth-order valence-corrected chi connectivity index (χ4v) is 0.370. The normalized spacial score (nSPS) is 13.1. The molecule has 0 aromatic heterocycles. The summed E-state index contributed by atoms with van der Waals surface area (Å²) in [4.78, 5) is 0.